The van der Waals surface area contributed by atoms with Gasteiger partial charge in [0.1, 0.15) is 5.75 Å². The van der Waals surface area contributed by atoms with Crippen LogP contribution in [0.15, 0.2) is 36.4 Å². The molecule has 0 saturated carbocycles. The number of methoxy groups -OCH3 is 1. The van der Waals surface area contributed by atoms with Crippen LogP contribution in [0.5, 0.6) is 5.75 Å². The predicted octanol–water partition coefficient (Wildman–Crippen LogP) is 3.56. The van der Waals surface area contributed by atoms with Gasteiger partial charge in [-0.15, -0.1) is 0 Å². The van der Waals surface area contributed by atoms with E-state index in [-0.39, 0.29) is 17.3 Å². The van der Waals surface area contributed by atoms with Crippen LogP contribution in [0.2, 0.25) is 0 Å². The van der Waals surface area contributed by atoms with Crippen LogP contribution in [0.3, 0.4) is 0 Å². The molecule has 2 N–H and O–H groups in total. The average molecular weight is 377 g/mol. The summed E-state index contributed by atoms with van der Waals surface area (Å²) in [7, 11) is 1.49. The number of nitrogens with zero attached hydrogens (tertiary/aromatic N) is 1. The Hall–Kier alpha value is -2.74. The second-order valence-electron chi connectivity index (χ2n) is 6.53. The van der Waals surface area contributed by atoms with Gasteiger partial charge in [0, 0.05) is 25.3 Å². The van der Waals surface area contributed by atoms with Crippen molar-refractivity contribution >= 4 is 17.3 Å². The van der Waals surface area contributed by atoms with Crippen molar-refractivity contribution < 1.29 is 22.7 Å². The molecular weight excluding hydrogens is 359 g/mol. The van der Waals surface area contributed by atoms with Crippen LogP contribution < -0.4 is 15.4 Å². The molecule has 5 nitrogen and oxygen atoms in total. The smallest absolute Gasteiger partial charge is 0.417 e. The summed E-state index contributed by atoms with van der Waals surface area (Å²) in [5.74, 6) is -0.0312. The molecule has 4 rings (SSSR count). The molecule has 0 aromatic heterocycles. The van der Waals surface area contributed by atoms with Crippen molar-refractivity contribution in [2.75, 3.05) is 32.1 Å². The fourth-order valence-electron chi connectivity index (χ4n) is 3.73. The van der Waals surface area contributed by atoms with Crippen LogP contribution in [0, 0.1) is 0 Å². The van der Waals surface area contributed by atoms with Gasteiger partial charge in [-0.25, -0.2) is 0 Å². The summed E-state index contributed by atoms with van der Waals surface area (Å²) in [6.45, 7) is 1.41. The highest BCUT2D eigenvalue weighted by Gasteiger charge is 2.45. The monoisotopic (exact) mass is 377 g/mol. The first-order valence-electron chi connectivity index (χ1n) is 8.57. The second kappa shape index (κ2) is 6.45. The van der Waals surface area contributed by atoms with Crippen LogP contribution in [-0.4, -0.2) is 37.6 Å². The number of hydrogen-bond donors (Lipinski definition) is 2. The molecule has 8 heteroatoms. The van der Waals surface area contributed by atoms with E-state index >= 15 is 0 Å². The molecule has 2 aliphatic heterocycles. The maximum Gasteiger partial charge on any atom is 0.417 e. The minimum atomic E-state index is -4.62. The maximum absolute atomic E-state index is 13.7. The Labute approximate surface area is 154 Å². The third-order valence-corrected chi connectivity index (χ3v) is 4.94. The zero-order chi connectivity index (χ0) is 19.2. The predicted molar refractivity (Wildman–Crippen MR) is 94.4 cm³/mol. The summed E-state index contributed by atoms with van der Waals surface area (Å²) < 4.78 is 46.4. The van der Waals surface area contributed by atoms with Gasteiger partial charge in [0.2, 0.25) is 0 Å². The van der Waals surface area contributed by atoms with Crippen LogP contribution >= 0.6 is 0 Å². The SMILES string of the molecule is COc1ccccc1Nc1cc2c(c(C(F)(F)F)c1)C(=O)N1CCNC[C@@H]21. The summed E-state index contributed by atoms with van der Waals surface area (Å²) in [4.78, 5) is 14.1. The van der Waals surface area contributed by atoms with Gasteiger partial charge in [-0.2, -0.15) is 13.2 Å². The molecule has 2 aliphatic rings. The lowest BCUT2D eigenvalue weighted by atomic mass is 9.97. The number of anilines is 2. The van der Waals surface area contributed by atoms with Crippen molar-refractivity contribution in [3.63, 3.8) is 0 Å². The molecule has 1 fully saturated rings. The van der Waals surface area contributed by atoms with E-state index in [0.29, 0.717) is 36.6 Å². The minimum absolute atomic E-state index is 0.234. The third-order valence-electron chi connectivity index (χ3n) is 4.94. The zero-order valence-corrected chi connectivity index (χ0v) is 14.6. The zero-order valence-electron chi connectivity index (χ0n) is 14.6. The van der Waals surface area contributed by atoms with Gasteiger partial charge < -0.3 is 20.3 Å². The van der Waals surface area contributed by atoms with E-state index in [0.717, 1.165) is 6.07 Å². The molecule has 2 heterocycles. The Morgan fingerprint density at radius 2 is 2.04 bits per heavy atom. The Morgan fingerprint density at radius 1 is 1.26 bits per heavy atom. The number of nitrogens with one attached hydrogen (secondary N) is 2. The van der Waals surface area contributed by atoms with E-state index < -0.39 is 17.6 Å². The molecule has 1 saturated heterocycles. The number of carbonyl (C=O) groups excluding carboxylic acids is 1. The molecule has 27 heavy (non-hydrogen) atoms. The molecule has 0 spiro atoms. The lowest BCUT2D eigenvalue weighted by molar-refractivity contribution is -0.137. The van der Waals surface area contributed by atoms with Crippen molar-refractivity contribution in [3.8, 4) is 5.75 Å². The topological polar surface area (TPSA) is 53.6 Å². The van der Waals surface area contributed by atoms with E-state index in [2.05, 4.69) is 10.6 Å². The van der Waals surface area contributed by atoms with Gasteiger partial charge in [-0.3, -0.25) is 4.79 Å². The number of para-hydroxylation sites is 2. The standard InChI is InChI=1S/C19H18F3N3O2/c1-27-16-5-3-2-4-14(16)24-11-8-12-15-10-23-6-7-25(15)18(26)17(12)13(9-11)19(20,21)22/h2-5,8-9,15,23-24H,6-7,10H2,1H3/t15-/m0/s1. The van der Waals surface area contributed by atoms with Crippen LogP contribution in [-0.2, 0) is 6.18 Å². The molecule has 142 valence electrons. The highest BCUT2D eigenvalue weighted by molar-refractivity contribution is 6.01. The van der Waals surface area contributed by atoms with E-state index in [1.54, 1.807) is 30.3 Å². The largest absolute Gasteiger partial charge is 0.495 e. The van der Waals surface area contributed by atoms with Crippen LogP contribution in [0.4, 0.5) is 24.5 Å². The average Bonchev–Trinajstić information content (AvgIpc) is 2.94. The molecular formula is C19H18F3N3O2. The van der Waals surface area contributed by atoms with Gasteiger partial charge in [0.15, 0.2) is 0 Å². The van der Waals surface area contributed by atoms with Gasteiger partial charge in [-0.1, -0.05) is 12.1 Å². The second-order valence-corrected chi connectivity index (χ2v) is 6.53. The number of benzene rings is 2. The maximum atomic E-state index is 13.7. The number of alkyl halides is 3. The van der Waals surface area contributed by atoms with E-state index in [9.17, 15) is 18.0 Å². The molecule has 1 atom stereocenters. The van der Waals surface area contributed by atoms with Crippen molar-refractivity contribution in [1.29, 1.82) is 0 Å². The summed E-state index contributed by atoms with van der Waals surface area (Å²) in [6.07, 6.45) is -4.62. The number of carbonyl (C=O) groups is 1. The molecule has 0 unspecified atom stereocenters. The van der Waals surface area contributed by atoms with Gasteiger partial charge in [-0.05, 0) is 29.8 Å². The quantitative estimate of drug-likeness (QED) is 0.859. The molecule has 2 aromatic rings. The van der Waals surface area contributed by atoms with E-state index in [1.165, 1.54) is 12.0 Å². The first-order valence-corrected chi connectivity index (χ1v) is 8.57. The van der Waals surface area contributed by atoms with Gasteiger partial charge >= 0.3 is 6.18 Å². The number of hydrogen-bond acceptors (Lipinski definition) is 4. The molecule has 0 bridgehead atoms. The lowest BCUT2D eigenvalue weighted by Gasteiger charge is -2.30. The Balaban J connectivity index is 1.83. The van der Waals surface area contributed by atoms with Crippen molar-refractivity contribution in [2.45, 2.75) is 12.2 Å². The Morgan fingerprint density at radius 3 is 2.78 bits per heavy atom. The third kappa shape index (κ3) is 2.99. The molecule has 0 aliphatic carbocycles. The van der Waals surface area contributed by atoms with Crippen molar-refractivity contribution in [2.24, 2.45) is 0 Å². The molecule has 1 amide bonds. The summed E-state index contributed by atoms with van der Waals surface area (Å²) in [5, 5.41) is 6.15. The summed E-state index contributed by atoms with van der Waals surface area (Å²) in [5.41, 5.74) is 0.0832. The summed E-state index contributed by atoms with van der Waals surface area (Å²) in [6, 6.07) is 9.22. The van der Waals surface area contributed by atoms with Gasteiger partial charge in [0.05, 0.1) is 30.0 Å². The number of ether oxygens (including phenoxy) is 1. The fourth-order valence-corrected chi connectivity index (χ4v) is 3.73. The molecule has 2 aromatic carbocycles. The number of halogens is 3. The minimum Gasteiger partial charge on any atom is -0.495 e. The normalized spacial score (nSPS) is 18.9. The van der Waals surface area contributed by atoms with E-state index in [1.807, 2.05) is 0 Å². The van der Waals surface area contributed by atoms with Crippen LogP contribution in [0.25, 0.3) is 0 Å². The highest BCUT2D eigenvalue weighted by Crippen LogP contribution is 2.44. The van der Waals surface area contributed by atoms with Gasteiger partial charge in [0.25, 0.3) is 5.91 Å². The summed E-state index contributed by atoms with van der Waals surface area (Å²) >= 11 is 0. The Bertz CT molecular complexity index is 898. The lowest BCUT2D eigenvalue weighted by Crippen LogP contribution is -2.44. The number of piperazine rings is 1. The highest BCUT2D eigenvalue weighted by atomic mass is 19.4. The van der Waals surface area contributed by atoms with Crippen LogP contribution in [0.1, 0.15) is 27.5 Å². The van der Waals surface area contributed by atoms with Crippen molar-refractivity contribution in [1.82, 2.24) is 10.2 Å². The number of rotatable bonds is 3. The van der Waals surface area contributed by atoms with E-state index in [4.69, 9.17) is 4.74 Å². The number of fused-ring (bicyclic) bond motifs is 3. The Kier molecular flexibility index (Phi) is 4.22. The first kappa shape index (κ1) is 17.7. The fraction of sp³-hybridized carbons (Fsp3) is 0.316. The first-order chi connectivity index (χ1) is 12.9. The molecule has 0 radical (unpaired) electrons. The van der Waals surface area contributed by atoms with Crippen molar-refractivity contribution in [3.05, 3.63) is 53.1 Å². The number of amides is 1.